The summed E-state index contributed by atoms with van der Waals surface area (Å²) >= 11 is 0. The zero-order valence-corrected chi connectivity index (χ0v) is 8.61. The Kier molecular flexibility index (Phi) is 3.16. The maximum absolute atomic E-state index is 8.12. The van der Waals surface area contributed by atoms with E-state index in [-0.39, 0.29) is 0 Å². The molecular weight excluding hydrogens is 200 g/mol. The van der Waals surface area contributed by atoms with E-state index in [1.807, 2.05) is 36.4 Å². The first-order valence-corrected chi connectivity index (χ1v) is 4.92. The topological polar surface area (TPSA) is 61.7 Å². The van der Waals surface area contributed by atoms with Crippen LogP contribution in [0.15, 0.2) is 47.7 Å². The number of rotatable bonds is 3. The van der Waals surface area contributed by atoms with Crippen molar-refractivity contribution in [3.63, 3.8) is 0 Å². The first-order chi connectivity index (χ1) is 7.90. The Morgan fingerprint density at radius 3 is 3.12 bits per heavy atom. The van der Waals surface area contributed by atoms with Crippen molar-refractivity contribution in [3.05, 3.63) is 58.6 Å². The minimum atomic E-state index is 0.364. The average molecular weight is 210 g/mol. The zero-order chi connectivity index (χ0) is 11.2. The van der Waals surface area contributed by atoms with Gasteiger partial charge in [0, 0.05) is 23.0 Å². The SMILES string of the molecule is [N-]=[N+]=NCC=Cc1cnc2ccccc2c1. The van der Waals surface area contributed by atoms with E-state index in [9.17, 15) is 0 Å². The van der Waals surface area contributed by atoms with E-state index >= 15 is 0 Å². The summed E-state index contributed by atoms with van der Waals surface area (Å²) in [6.07, 6.45) is 5.51. The summed E-state index contributed by atoms with van der Waals surface area (Å²) in [5.41, 5.74) is 10.1. The normalized spacial score (nSPS) is 10.5. The van der Waals surface area contributed by atoms with Gasteiger partial charge in [-0.05, 0) is 23.2 Å². The summed E-state index contributed by atoms with van der Waals surface area (Å²) in [6, 6.07) is 9.99. The van der Waals surface area contributed by atoms with Gasteiger partial charge in [-0.2, -0.15) is 0 Å². The molecule has 0 bridgehead atoms. The molecule has 78 valence electrons. The Morgan fingerprint density at radius 2 is 2.25 bits per heavy atom. The lowest BCUT2D eigenvalue weighted by Crippen LogP contribution is -1.80. The predicted octanol–water partition coefficient (Wildman–Crippen LogP) is 3.56. The van der Waals surface area contributed by atoms with Crippen molar-refractivity contribution in [1.82, 2.24) is 4.98 Å². The Morgan fingerprint density at radius 1 is 1.38 bits per heavy atom. The molecule has 0 saturated heterocycles. The van der Waals surface area contributed by atoms with Gasteiger partial charge in [-0.1, -0.05) is 35.5 Å². The summed E-state index contributed by atoms with van der Waals surface area (Å²) in [7, 11) is 0. The molecule has 4 heteroatoms. The highest BCUT2D eigenvalue weighted by Crippen LogP contribution is 2.13. The van der Waals surface area contributed by atoms with E-state index in [0.29, 0.717) is 6.54 Å². The number of azide groups is 1. The minimum Gasteiger partial charge on any atom is -0.256 e. The first-order valence-electron chi connectivity index (χ1n) is 4.92. The van der Waals surface area contributed by atoms with Crippen LogP contribution >= 0.6 is 0 Å². The Labute approximate surface area is 92.9 Å². The number of hydrogen-bond donors (Lipinski definition) is 0. The van der Waals surface area contributed by atoms with E-state index < -0.39 is 0 Å². The molecule has 0 radical (unpaired) electrons. The van der Waals surface area contributed by atoms with Crippen LogP contribution in [-0.2, 0) is 0 Å². The molecule has 0 amide bonds. The van der Waals surface area contributed by atoms with Crippen LogP contribution < -0.4 is 0 Å². The van der Waals surface area contributed by atoms with Crippen molar-refractivity contribution in [3.8, 4) is 0 Å². The largest absolute Gasteiger partial charge is 0.256 e. The third-order valence-electron chi connectivity index (χ3n) is 2.17. The fourth-order valence-corrected chi connectivity index (χ4v) is 1.45. The lowest BCUT2D eigenvalue weighted by atomic mass is 10.1. The number of para-hydroxylation sites is 1. The fraction of sp³-hybridized carbons (Fsp3) is 0.0833. The maximum Gasteiger partial charge on any atom is 0.0702 e. The molecule has 4 nitrogen and oxygen atoms in total. The molecule has 2 rings (SSSR count). The summed E-state index contributed by atoms with van der Waals surface area (Å²) in [5.74, 6) is 0. The molecule has 2 aromatic rings. The van der Waals surface area contributed by atoms with Gasteiger partial charge in [-0.15, -0.1) is 0 Å². The van der Waals surface area contributed by atoms with Gasteiger partial charge >= 0.3 is 0 Å². The molecule has 0 aliphatic carbocycles. The van der Waals surface area contributed by atoms with Gasteiger partial charge in [0.2, 0.25) is 0 Å². The molecule has 0 fully saturated rings. The van der Waals surface area contributed by atoms with Crippen LogP contribution in [0.4, 0.5) is 0 Å². The second-order valence-electron chi connectivity index (χ2n) is 3.28. The van der Waals surface area contributed by atoms with E-state index in [4.69, 9.17) is 5.53 Å². The second kappa shape index (κ2) is 4.96. The minimum absolute atomic E-state index is 0.364. The molecular formula is C12H10N4. The quantitative estimate of drug-likeness (QED) is 0.434. The maximum atomic E-state index is 8.12. The van der Waals surface area contributed by atoms with Crippen molar-refractivity contribution in [1.29, 1.82) is 0 Å². The van der Waals surface area contributed by atoms with Gasteiger partial charge in [-0.25, -0.2) is 0 Å². The Hall–Kier alpha value is -2.32. The first kappa shape index (κ1) is 10.2. The number of fused-ring (bicyclic) bond motifs is 1. The molecule has 0 saturated carbocycles. The third kappa shape index (κ3) is 2.38. The van der Waals surface area contributed by atoms with Crippen molar-refractivity contribution in [2.45, 2.75) is 0 Å². The highest BCUT2D eigenvalue weighted by molar-refractivity contribution is 5.80. The molecule has 1 aromatic heterocycles. The lowest BCUT2D eigenvalue weighted by Gasteiger charge is -1.97. The van der Waals surface area contributed by atoms with Crippen LogP contribution in [0.3, 0.4) is 0 Å². The summed E-state index contributed by atoms with van der Waals surface area (Å²) in [5, 5.41) is 4.53. The van der Waals surface area contributed by atoms with Gasteiger partial charge in [0.1, 0.15) is 0 Å². The fourth-order valence-electron chi connectivity index (χ4n) is 1.45. The highest BCUT2D eigenvalue weighted by Gasteiger charge is 1.93. The average Bonchev–Trinajstić information content (AvgIpc) is 2.34. The molecule has 0 N–H and O–H groups in total. The number of pyridine rings is 1. The van der Waals surface area contributed by atoms with Crippen LogP contribution in [0, 0.1) is 0 Å². The lowest BCUT2D eigenvalue weighted by molar-refractivity contribution is 1.22. The van der Waals surface area contributed by atoms with Crippen LogP contribution in [-0.4, -0.2) is 11.5 Å². The van der Waals surface area contributed by atoms with Crippen LogP contribution in [0.1, 0.15) is 5.56 Å². The Bertz CT molecular complexity index is 568. The van der Waals surface area contributed by atoms with Gasteiger partial charge in [0.15, 0.2) is 0 Å². The zero-order valence-electron chi connectivity index (χ0n) is 8.61. The van der Waals surface area contributed by atoms with Crippen LogP contribution in [0.5, 0.6) is 0 Å². The number of hydrogen-bond acceptors (Lipinski definition) is 2. The summed E-state index contributed by atoms with van der Waals surface area (Å²) < 4.78 is 0. The molecule has 0 aliphatic rings. The van der Waals surface area contributed by atoms with E-state index in [1.165, 1.54) is 0 Å². The summed E-state index contributed by atoms with van der Waals surface area (Å²) in [4.78, 5) is 7.00. The smallest absolute Gasteiger partial charge is 0.0702 e. The molecule has 1 heterocycles. The monoisotopic (exact) mass is 210 g/mol. The molecule has 16 heavy (non-hydrogen) atoms. The molecule has 1 aromatic carbocycles. The number of nitrogens with zero attached hydrogens (tertiary/aromatic N) is 4. The summed E-state index contributed by atoms with van der Waals surface area (Å²) in [6.45, 7) is 0.364. The second-order valence-corrected chi connectivity index (χ2v) is 3.28. The van der Waals surface area contributed by atoms with E-state index in [1.54, 1.807) is 6.20 Å². The third-order valence-corrected chi connectivity index (χ3v) is 2.17. The highest BCUT2D eigenvalue weighted by atomic mass is 15.1. The van der Waals surface area contributed by atoms with Gasteiger partial charge in [0.05, 0.1) is 5.52 Å². The molecule has 0 spiro atoms. The van der Waals surface area contributed by atoms with Crippen LogP contribution in [0.25, 0.3) is 27.4 Å². The van der Waals surface area contributed by atoms with Gasteiger partial charge in [-0.3, -0.25) is 4.98 Å². The van der Waals surface area contributed by atoms with Crippen molar-refractivity contribution >= 4 is 17.0 Å². The van der Waals surface area contributed by atoms with Gasteiger partial charge < -0.3 is 0 Å². The van der Waals surface area contributed by atoms with Gasteiger partial charge in [0.25, 0.3) is 0 Å². The number of aromatic nitrogens is 1. The van der Waals surface area contributed by atoms with E-state index in [2.05, 4.69) is 21.1 Å². The standard InChI is InChI=1S/C12H10N4/c13-16-15-7-3-4-10-8-11-5-1-2-6-12(11)14-9-10/h1-6,8-9H,7H2. The van der Waals surface area contributed by atoms with Crippen molar-refractivity contribution in [2.24, 2.45) is 5.11 Å². The Balaban J connectivity index is 2.25. The van der Waals surface area contributed by atoms with Crippen molar-refractivity contribution in [2.75, 3.05) is 6.54 Å². The predicted molar refractivity (Wildman–Crippen MR) is 64.8 cm³/mol. The molecule has 0 atom stereocenters. The van der Waals surface area contributed by atoms with Crippen LogP contribution in [0.2, 0.25) is 0 Å². The molecule has 0 unspecified atom stereocenters. The van der Waals surface area contributed by atoms with Crippen molar-refractivity contribution < 1.29 is 0 Å². The van der Waals surface area contributed by atoms with E-state index in [0.717, 1.165) is 16.5 Å². The number of benzene rings is 1. The molecule has 0 aliphatic heterocycles.